The highest BCUT2D eigenvalue weighted by Crippen LogP contribution is 2.27. The maximum absolute atomic E-state index is 9.84. The molecule has 1 unspecified atom stereocenters. The fraction of sp³-hybridized carbons (Fsp3) is 0.276. The second-order valence-electron chi connectivity index (χ2n) is 8.61. The number of imidazole rings is 1. The molecule has 0 fully saturated rings. The summed E-state index contributed by atoms with van der Waals surface area (Å²) in [5.74, 6) is 3.24. The van der Waals surface area contributed by atoms with Crippen LogP contribution in [0, 0.1) is 0 Å². The van der Waals surface area contributed by atoms with Gasteiger partial charge in [-0.05, 0) is 86.3 Å². The van der Waals surface area contributed by atoms with Gasteiger partial charge >= 0.3 is 0 Å². The number of hydrogen-bond donors (Lipinski definition) is 2. The molecule has 3 aromatic carbocycles. The number of halogens is 1. The molecule has 1 heterocycles. The van der Waals surface area contributed by atoms with E-state index in [0.717, 1.165) is 59.3 Å². The summed E-state index contributed by atoms with van der Waals surface area (Å²) in [6.07, 6.45) is 4.59. The summed E-state index contributed by atoms with van der Waals surface area (Å²) in [6.45, 7) is 2.92. The van der Waals surface area contributed by atoms with E-state index in [4.69, 9.17) is 26.1 Å². The van der Waals surface area contributed by atoms with Crippen LogP contribution in [0.5, 0.6) is 17.2 Å². The van der Waals surface area contributed by atoms with Crippen LogP contribution in [0.3, 0.4) is 0 Å². The van der Waals surface area contributed by atoms with Crippen LogP contribution in [0.15, 0.2) is 79.0 Å². The van der Waals surface area contributed by atoms with E-state index >= 15 is 0 Å². The third-order valence-corrected chi connectivity index (χ3v) is 5.98. The highest BCUT2D eigenvalue weighted by Gasteiger charge is 2.12. The molecule has 1 aromatic heterocycles. The molecule has 0 aliphatic rings. The van der Waals surface area contributed by atoms with Crippen molar-refractivity contribution in [3.8, 4) is 34.2 Å². The van der Waals surface area contributed by atoms with Gasteiger partial charge in [0, 0.05) is 35.4 Å². The molecule has 2 N–H and O–H groups in total. The summed E-state index contributed by atoms with van der Waals surface area (Å²) in [7, 11) is 1.80. The van der Waals surface area contributed by atoms with Crippen LogP contribution in [-0.2, 0) is 6.42 Å². The van der Waals surface area contributed by atoms with Crippen molar-refractivity contribution in [2.24, 2.45) is 0 Å². The van der Waals surface area contributed by atoms with Crippen LogP contribution < -0.4 is 14.8 Å². The maximum atomic E-state index is 9.84. The van der Waals surface area contributed by atoms with Crippen molar-refractivity contribution in [3.05, 3.63) is 89.8 Å². The predicted molar refractivity (Wildman–Crippen MR) is 145 cm³/mol. The standard InChI is InChI=1S/C29H32ClN3O3/c1-3-4-5-29-32-28(21-6-12-25(13-7-21)35-20-24(34)18-31-2)19-33(29)23-10-16-27(17-11-23)36-26-14-8-22(30)9-15-26/h6-17,19,24,31,34H,3-5,18,20H2,1-2H3. The van der Waals surface area contributed by atoms with E-state index in [9.17, 15) is 5.11 Å². The molecule has 0 bridgehead atoms. The van der Waals surface area contributed by atoms with E-state index < -0.39 is 6.10 Å². The van der Waals surface area contributed by atoms with Gasteiger partial charge in [0.2, 0.25) is 0 Å². The summed E-state index contributed by atoms with van der Waals surface area (Å²) in [5, 5.41) is 13.5. The summed E-state index contributed by atoms with van der Waals surface area (Å²) in [5.41, 5.74) is 2.95. The summed E-state index contributed by atoms with van der Waals surface area (Å²) < 4.78 is 13.8. The third kappa shape index (κ3) is 6.88. The molecular formula is C29H32ClN3O3. The number of nitrogens with one attached hydrogen (secondary N) is 1. The summed E-state index contributed by atoms with van der Waals surface area (Å²) >= 11 is 5.96. The van der Waals surface area contributed by atoms with Gasteiger partial charge in [0.15, 0.2) is 0 Å². The van der Waals surface area contributed by atoms with E-state index in [1.165, 1.54) is 0 Å². The average Bonchev–Trinajstić information content (AvgIpc) is 3.33. The van der Waals surface area contributed by atoms with Crippen molar-refractivity contribution >= 4 is 11.6 Å². The molecule has 0 aliphatic carbocycles. The Morgan fingerprint density at radius 1 is 0.944 bits per heavy atom. The number of nitrogens with zero attached hydrogens (tertiary/aromatic N) is 2. The van der Waals surface area contributed by atoms with Crippen molar-refractivity contribution in [1.29, 1.82) is 0 Å². The van der Waals surface area contributed by atoms with Gasteiger partial charge in [-0.15, -0.1) is 0 Å². The van der Waals surface area contributed by atoms with Crippen molar-refractivity contribution in [2.75, 3.05) is 20.2 Å². The second kappa shape index (κ2) is 12.6. The van der Waals surface area contributed by atoms with Gasteiger partial charge in [0.25, 0.3) is 0 Å². The van der Waals surface area contributed by atoms with Crippen LogP contribution in [-0.4, -0.2) is 41.0 Å². The van der Waals surface area contributed by atoms with E-state index in [-0.39, 0.29) is 6.61 Å². The topological polar surface area (TPSA) is 68.5 Å². The quantitative estimate of drug-likeness (QED) is 0.237. The van der Waals surface area contributed by atoms with E-state index in [2.05, 4.69) is 23.0 Å². The largest absolute Gasteiger partial charge is 0.491 e. The van der Waals surface area contributed by atoms with Gasteiger partial charge < -0.3 is 24.5 Å². The maximum Gasteiger partial charge on any atom is 0.127 e. The first-order valence-electron chi connectivity index (χ1n) is 12.2. The third-order valence-electron chi connectivity index (χ3n) is 5.73. The first-order valence-corrected chi connectivity index (χ1v) is 12.6. The molecule has 188 valence electrons. The lowest BCUT2D eigenvalue weighted by atomic mass is 10.1. The lowest BCUT2D eigenvalue weighted by Gasteiger charge is -2.11. The smallest absolute Gasteiger partial charge is 0.127 e. The zero-order valence-corrected chi connectivity index (χ0v) is 21.4. The van der Waals surface area contributed by atoms with Gasteiger partial charge in [-0.1, -0.05) is 24.9 Å². The predicted octanol–water partition coefficient (Wildman–Crippen LogP) is 6.29. The average molecular weight is 506 g/mol. The van der Waals surface area contributed by atoms with Crippen LogP contribution in [0.1, 0.15) is 25.6 Å². The number of aliphatic hydroxyl groups excluding tert-OH is 1. The number of unbranched alkanes of at least 4 members (excludes halogenated alkanes) is 1. The zero-order chi connectivity index (χ0) is 25.3. The molecular weight excluding hydrogens is 474 g/mol. The Balaban J connectivity index is 1.51. The monoisotopic (exact) mass is 505 g/mol. The Morgan fingerprint density at radius 2 is 1.58 bits per heavy atom. The molecule has 6 nitrogen and oxygen atoms in total. The summed E-state index contributed by atoms with van der Waals surface area (Å²) in [4.78, 5) is 4.95. The van der Waals surface area contributed by atoms with E-state index in [1.807, 2.05) is 72.8 Å². The summed E-state index contributed by atoms with van der Waals surface area (Å²) in [6, 6.07) is 23.1. The van der Waals surface area contributed by atoms with Crippen LogP contribution in [0.4, 0.5) is 0 Å². The lowest BCUT2D eigenvalue weighted by Crippen LogP contribution is -2.29. The van der Waals surface area contributed by atoms with Gasteiger partial charge in [-0.2, -0.15) is 0 Å². The van der Waals surface area contributed by atoms with E-state index in [1.54, 1.807) is 7.05 Å². The molecule has 0 saturated heterocycles. The molecule has 4 aromatic rings. The number of aliphatic hydroxyl groups is 1. The number of aryl methyl sites for hydroxylation is 1. The number of benzene rings is 3. The Bertz CT molecular complexity index is 1220. The van der Waals surface area contributed by atoms with Crippen LogP contribution >= 0.6 is 11.6 Å². The first kappa shape index (κ1) is 25.8. The van der Waals surface area contributed by atoms with Crippen molar-refractivity contribution in [2.45, 2.75) is 32.3 Å². The van der Waals surface area contributed by atoms with Gasteiger partial charge in [-0.25, -0.2) is 4.98 Å². The fourth-order valence-electron chi connectivity index (χ4n) is 3.81. The molecule has 0 saturated carbocycles. The molecule has 0 amide bonds. The molecule has 0 radical (unpaired) electrons. The Labute approximate surface area is 217 Å². The number of rotatable bonds is 12. The minimum atomic E-state index is -0.547. The van der Waals surface area contributed by atoms with Crippen molar-refractivity contribution < 1.29 is 14.6 Å². The second-order valence-corrected chi connectivity index (χ2v) is 9.05. The number of ether oxygens (including phenoxy) is 2. The SMILES string of the molecule is CCCCc1nc(-c2ccc(OCC(O)CNC)cc2)cn1-c1ccc(Oc2ccc(Cl)cc2)cc1. The molecule has 0 spiro atoms. The minimum absolute atomic E-state index is 0.244. The Morgan fingerprint density at radius 3 is 2.22 bits per heavy atom. The molecule has 0 aliphatic heterocycles. The highest BCUT2D eigenvalue weighted by atomic mass is 35.5. The highest BCUT2D eigenvalue weighted by molar-refractivity contribution is 6.30. The minimum Gasteiger partial charge on any atom is -0.491 e. The van der Waals surface area contributed by atoms with E-state index in [0.29, 0.717) is 11.6 Å². The zero-order valence-electron chi connectivity index (χ0n) is 20.7. The lowest BCUT2D eigenvalue weighted by molar-refractivity contribution is 0.108. The Kier molecular flexibility index (Phi) is 9.01. The fourth-order valence-corrected chi connectivity index (χ4v) is 3.94. The van der Waals surface area contributed by atoms with Gasteiger partial charge in [0.1, 0.15) is 35.8 Å². The van der Waals surface area contributed by atoms with Crippen molar-refractivity contribution in [1.82, 2.24) is 14.9 Å². The van der Waals surface area contributed by atoms with Gasteiger partial charge in [0.05, 0.1) is 5.69 Å². The molecule has 4 rings (SSSR count). The first-order chi connectivity index (χ1) is 17.6. The van der Waals surface area contributed by atoms with Crippen LogP contribution in [0.2, 0.25) is 5.02 Å². The normalized spacial score (nSPS) is 11.9. The van der Waals surface area contributed by atoms with Crippen LogP contribution in [0.25, 0.3) is 16.9 Å². The molecule has 7 heteroatoms. The number of likely N-dealkylation sites (N-methyl/N-ethyl adjacent to an activating group) is 1. The van der Waals surface area contributed by atoms with Crippen molar-refractivity contribution in [3.63, 3.8) is 0 Å². The number of hydrogen-bond acceptors (Lipinski definition) is 5. The number of aromatic nitrogens is 2. The molecule has 36 heavy (non-hydrogen) atoms. The molecule has 1 atom stereocenters. The van der Waals surface area contributed by atoms with Gasteiger partial charge in [-0.3, -0.25) is 0 Å². The Hall–Kier alpha value is -3.32.